The van der Waals surface area contributed by atoms with E-state index < -0.39 is 49.5 Å². The highest BCUT2D eigenvalue weighted by molar-refractivity contribution is 5.76. The van der Waals surface area contributed by atoms with E-state index in [1.54, 1.807) is 6.08 Å². The lowest BCUT2D eigenvalue weighted by atomic mass is 9.99. The molecule has 1 saturated heterocycles. The molecule has 1 heterocycles. The summed E-state index contributed by atoms with van der Waals surface area (Å²) in [5.74, 6) is -0.175. The Labute approximate surface area is 331 Å². The van der Waals surface area contributed by atoms with Gasteiger partial charge in [-0.15, -0.1) is 0 Å². The number of carbonyl (C=O) groups excluding carboxylic acids is 1. The molecule has 0 aromatic carbocycles. The molecule has 9 heteroatoms. The minimum Gasteiger partial charge on any atom is -0.394 e. The van der Waals surface area contributed by atoms with Gasteiger partial charge in [-0.2, -0.15) is 0 Å². The Morgan fingerprint density at radius 2 is 1.02 bits per heavy atom. The second-order valence-electron chi connectivity index (χ2n) is 16.2. The minimum atomic E-state index is -1.56. The number of nitrogens with one attached hydrogen (secondary N) is 1. The van der Waals surface area contributed by atoms with Crippen LogP contribution in [-0.2, 0) is 14.3 Å². The number of aliphatic hydroxyl groups excluding tert-OH is 5. The van der Waals surface area contributed by atoms with Gasteiger partial charge < -0.3 is 40.3 Å². The van der Waals surface area contributed by atoms with Crippen molar-refractivity contribution in [3.05, 3.63) is 12.2 Å². The van der Waals surface area contributed by atoms with Crippen LogP contribution in [0.2, 0.25) is 0 Å². The highest BCUT2D eigenvalue weighted by Gasteiger charge is 2.44. The Kier molecular flexibility index (Phi) is 34.2. The number of aliphatic hydroxyl groups is 5. The van der Waals surface area contributed by atoms with Crippen LogP contribution in [0.1, 0.15) is 213 Å². The predicted octanol–water partition coefficient (Wildman–Crippen LogP) is 9.34. The molecule has 320 valence electrons. The van der Waals surface area contributed by atoms with Crippen LogP contribution >= 0.6 is 0 Å². The van der Waals surface area contributed by atoms with E-state index in [2.05, 4.69) is 19.2 Å². The summed E-state index contributed by atoms with van der Waals surface area (Å²) in [6, 6.07) is -0.797. The molecule has 1 aliphatic rings. The molecule has 1 amide bonds. The van der Waals surface area contributed by atoms with Gasteiger partial charge in [0.05, 0.1) is 25.4 Å². The van der Waals surface area contributed by atoms with Crippen molar-refractivity contribution in [1.82, 2.24) is 5.32 Å². The first-order chi connectivity index (χ1) is 26.3. The van der Waals surface area contributed by atoms with Gasteiger partial charge >= 0.3 is 0 Å². The summed E-state index contributed by atoms with van der Waals surface area (Å²) in [5, 5.41) is 54.2. The highest BCUT2D eigenvalue weighted by Crippen LogP contribution is 2.23. The first-order valence-electron chi connectivity index (χ1n) is 22.9. The zero-order valence-electron chi connectivity index (χ0n) is 35.0. The molecule has 0 bridgehead atoms. The summed E-state index contributed by atoms with van der Waals surface area (Å²) in [4.78, 5) is 12.9. The Hall–Kier alpha value is -1.07. The predicted molar refractivity (Wildman–Crippen MR) is 221 cm³/mol. The zero-order chi connectivity index (χ0) is 39.5. The average Bonchev–Trinajstić information content (AvgIpc) is 3.17. The summed E-state index contributed by atoms with van der Waals surface area (Å²) in [6.07, 6.45) is 33.9. The third kappa shape index (κ3) is 26.7. The van der Waals surface area contributed by atoms with Crippen LogP contribution in [-0.4, -0.2) is 87.5 Å². The Bertz CT molecular complexity index is 858. The number of ether oxygens (including phenoxy) is 2. The van der Waals surface area contributed by atoms with Gasteiger partial charge in [-0.05, 0) is 19.3 Å². The molecule has 0 aromatic rings. The van der Waals surface area contributed by atoms with E-state index in [0.29, 0.717) is 6.42 Å². The number of unbranched alkanes of at least 4 members (excludes halogenated alkanes) is 28. The fourth-order valence-corrected chi connectivity index (χ4v) is 7.39. The monoisotopic (exact) mass is 770 g/mol. The van der Waals surface area contributed by atoms with Crippen molar-refractivity contribution in [1.29, 1.82) is 0 Å². The second-order valence-corrected chi connectivity index (χ2v) is 16.2. The van der Waals surface area contributed by atoms with Gasteiger partial charge in [-0.1, -0.05) is 199 Å². The average molecular weight is 770 g/mol. The number of rotatable bonds is 38. The third-order valence-corrected chi connectivity index (χ3v) is 11.1. The standard InChI is InChI=1S/C45H87NO8/c1-3-5-7-9-11-13-15-17-19-21-22-24-26-28-30-32-34-39(48)38(37-53-45-44(52)43(51)42(50)40(36-47)54-45)46-41(49)35-33-31-29-27-25-23-20-18-16-14-12-10-8-6-4-2/h32,34,38-40,42-45,47-48,50-52H,3-31,33,35-37H2,1-2H3,(H,46,49)/b34-32+/t38-,39+,40+,42-,43?,44?,45+/m0/s1. The number of carbonyl (C=O) groups is 1. The largest absolute Gasteiger partial charge is 0.394 e. The van der Waals surface area contributed by atoms with Gasteiger partial charge in [0, 0.05) is 6.42 Å². The van der Waals surface area contributed by atoms with E-state index >= 15 is 0 Å². The number of hydrogen-bond acceptors (Lipinski definition) is 8. The number of hydrogen-bond donors (Lipinski definition) is 6. The molecule has 0 radical (unpaired) electrons. The summed E-state index contributed by atoms with van der Waals surface area (Å²) in [5.41, 5.74) is 0. The van der Waals surface area contributed by atoms with E-state index in [4.69, 9.17) is 9.47 Å². The van der Waals surface area contributed by atoms with Crippen LogP contribution in [0, 0.1) is 0 Å². The van der Waals surface area contributed by atoms with Crippen molar-refractivity contribution in [3.63, 3.8) is 0 Å². The molecular formula is C45H87NO8. The molecule has 0 aliphatic carbocycles. The minimum absolute atomic E-state index is 0.175. The van der Waals surface area contributed by atoms with E-state index in [9.17, 15) is 30.3 Å². The molecule has 9 nitrogen and oxygen atoms in total. The molecule has 0 spiro atoms. The third-order valence-electron chi connectivity index (χ3n) is 11.1. The maximum Gasteiger partial charge on any atom is 0.220 e. The Morgan fingerprint density at radius 3 is 1.44 bits per heavy atom. The van der Waals surface area contributed by atoms with Crippen LogP contribution in [0.3, 0.4) is 0 Å². The highest BCUT2D eigenvalue weighted by atomic mass is 16.7. The van der Waals surface area contributed by atoms with E-state index in [1.165, 1.54) is 154 Å². The molecule has 7 atom stereocenters. The van der Waals surface area contributed by atoms with Gasteiger partial charge in [0.2, 0.25) is 5.91 Å². The van der Waals surface area contributed by atoms with Crippen LogP contribution in [0.15, 0.2) is 12.2 Å². The van der Waals surface area contributed by atoms with Gasteiger partial charge in [-0.3, -0.25) is 4.79 Å². The molecule has 1 fully saturated rings. The van der Waals surface area contributed by atoms with E-state index in [0.717, 1.165) is 38.5 Å². The molecule has 1 aliphatic heterocycles. The summed E-state index contributed by atoms with van der Waals surface area (Å²) in [7, 11) is 0. The summed E-state index contributed by atoms with van der Waals surface area (Å²) >= 11 is 0. The van der Waals surface area contributed by atoms with E-state index in [-0.39, 0.29) is 12.5 Å². The Balaban J connectivity index is 2.36. The lowest BCUT2D eigenvalue weighted by Gasteiger charge is -2.40. The maximum atomic E-state index is 12.9. The van der Waals surface area contributed by atoms with Crippen molar-refractivity contribution in [3.8, 4) is 0 Å². The first-order valence-corrected chi connectivity index (χ1v) is 22.9. The molecule has 6 N–H and O–H groups in total. The molecule has 1 rings (SSSR count). The van der Waals surface area contributed by atoms with Crippen molar-refractivity contribution in [2.45, 2.75) is 256 Å². The summed E-state index contributed by atoms with van der Waals surface area (Å²) < 4.78 is 11.2. The van der Waals surface area contributed by atoms with Crippen LogP contribution in [0.25, 0.3) is 0 Å². The number of allylic oxidation sites excluding steroid dienone is 1. The van der Waals surface area contributed by atoms with Crippen molar-refractivity contribution in [2.75, 3.05) is 13.2 Å². The quantitative estimate of drug-likeness (QED) is 0.0269. The SMILES string of the molecule is CCCCCCCCCCCCCCCC/C=C/[C@@H](O)[C@H](CO[C@@H]1O[C@H](CO)[C@H](O)C(O)C1O)NC(=O)CCCCCCCCCCCCCCCCC. The normalized spacial score (nSPS) is 21.5. The lowest BCUT2D eigenvalue weighted by molar-refractivity contribution is -0.302. The maximum absolute atomic E-state index is 12.9. The lowest BCUT2D eigenvalue weighted by Crippen LogP contribution is -2.60. The smallest absolute Gasteiger partial charge is 0.220 e. The first kappa shape index (κ1) is 50.9. The molecule has 0 saturated carbocycles. The van der Waals surface area contributed by atoms with Crippen molar-refractivity contribution >= 4 is 5.91 Å². The fourth-order valence-electron chi connectivity index (χ4n) is 7.39. The Morgan fingerprint density at radius 1 is 0.611 bits per heavy atom. The van der Waals surface area contributed by atoms with Gasteiger partial charge in [0.1, 0.15) is 24.4 Å². The van der Waals surface area contributed by atoms with Crippen LogP contribution in [0.4, 0.5) is 0 Å². The van der Waals surface area contributed by atoms with Crippen LogP contribution < -0.4 is 5.32 Å². The van der Waals surface area contributed by atoms with Gasteiger partial charge in [0.25, 0.3) is 0 Å². The molecular weight excluding hydrogens is 682 g/mol. The number of amides is 1. The van der Waals surface area contributed by atoms with Crippen molar-refractivity contribution in [2.24, 2.45) is 0 Å². The molecule has 54 heavy (non-hydrogen) atoms. The van der Waals surface area contributed by atoms with Gasteiger partial charge in [-0.25, -0.2) is 0 Å². The molecule has 2 unspecified atom stereocenters. The van der Waals surface area contributed by atoms with E-state index in [1.807, 2.05) is 6.08 Å². The van der Waals surface area contributed by atoms with Gasteiger partial charge in [0.15, 0.2) is 6.29 Å². The fraction of sp³-hybridized carbons (Fsp3) is 0.933. The topological polar surface area (TPSA) is 149 Å². The molecule has 0 aromatic heterocycles. The second kappa shape index (κ2) is 36.3. The van der Waals surface area contributed by atoms with Crippen LogP contribution in [0.5, 0.6) is 0 Å². The summed E-state index contributed by atoms with van der Waals surface area (Å²) in [6.45, 7) is 3.78. The van der Waals surface area contributed by atoms with Crippen molar-refractivity contribution < 1.29 is 39.8 Å². The zero-order valence-corrected chi connectivity index (χ0v) is 35.0.